The number of likely N-dealkylation sites (tertiary alicyclic amines) is 1. The first-order chi connectivity index (χ1) is 15.3. The number of rotatable bonds is 5. The van der Waals surface area contributed by atoms with Gasteiger partial charge in [-0.3, -0.25) is 9.69 Å². The van der Waals surface area contributed by atoms with Crippen molar-refractivity contribution in [1.29, 1.82) is 0 Å². The molecule has 184 valence electrons. The van der Waals surface area contributed by atoms with Gasteiger partial charge in [-0.25, -0.2) is 19.6 Å². The topological polar surface area (TPSA) is 111 Å². The van der Waals surface area contributed by atoms with Crippen LogP contribution in [0.4, 0.5) is 15.5 Å². The Bertz CT molecular complexity index is 793. The molecular formula is C23H36N4O6. The number of amides is 2. The Labute approximate surface area is 195 Å². The Balaban J connectivity index is 2.08. The summed E-state index contributed by atoms with van der Waals surface area (Å²) in [6.07, 6.45) is 2.80. The van der Waals surface area contributed by atoms with E-state index in [9.17, 15) is 14.4 Å². The number of carbonyl (C=O) groups excluding carboxylic acids is 3. The van der Waals surface area contributed by atoms with E-state index in [-0.39, 0.29) is 17.8 Å². The van der Waals surface area contributed by atoms with Gasteiger partial charge in [0.05, 0.1) is 12.5 Å². The van der Waals surface area contributed by atoms with E-state index in [1.807, 2.05) is 6.92 Å². The Hall–Kier alpha value is -2.75. The smallest absolute Gasteiger partial charge is 0.427 e. The first kappa shape index (κ1) is 26.5. The van der Waals surface area contributed by atoms with Gasteiger partial charge in [0.15, 0.2) is 0 Å². The van der Waals surface area contributed by atoms with Gasteiger partial charge in [-0.15, -0.1) is 4.90 Å². The molecular weight excluding hydrogens is 428 g/mol. The van der Waals surface area contributed by atoms with E-state index in [0.717, 1.165) is 31.5 Å². The van der Waals surface area contributed by atoms with Crippen LogP contribution in [0.1, 0.15) is 66.9 Å². The molecule has 10 nitrogen and oxygen atoms in total. The van der Waals surface area contributed by atoms with Crippen LogP contribution in [0.2, 0.25) is 0 Å². The van der Waals surface area contributed by atoms with Gasteiger partial charge in [-0.05, 0) is 74.4 Å². The van der Waals surface area contributed by atoms with Crippen LogP contribution in [-0.2, 0) is 25.5 Å². The number of nitrogens with zero attached hydrogens (tertiary/aromatic N) is 4. The number of anilines is 1. The number of piperidine rings is 1. The molecule has 0 unspecified atom stereocenters. The number of imide groups is 1. The maximum absolute atomic E-state index is 12.7. The molecule has 1 aliphatic heterocycles. The molecule has 10 heteroatoms. The van der Waals surface area contributed by atoms with Crippen LogP contribution >= 0.6 is 0 Å². The maximum atomic E-state index is 12.7. The lowest BCUT2D eigenvalue weighted by atomic mass is 9.97. The van der Waals surface area contributed by atoms with Crippen LogP contribution in [0.5, 0.6) is 0 Å². The highest BCUT2D eigenvalue weighted by atomic mass is 16.6. The highest BCUT2D eigenvalue weighted by Gasteiger charge is 2.34. The second-order valence-corrected chi connectivity index (χ2v) is 9.99. The van der Waals surface area contributed by atoms with Gasteiger partial charge in [0.25, 0.3) is 0 Å². The molecule has 0 aromatic carbocycles. The first-order valence-electron chi connectivity index (χ1n) is 11.2. The zero-order valence-electron chi connectivity index (χ0n) is 20.7. The minimum absolute atomic E-state index is 0.0592. The summed E-state index contributed by atoms with van der Waals surface area (Å²) in [5, 5.41) is 0. The molecule has 1 aliphatic rings. The molecule has 0 spiro atoms. The quantitative estimate of drug-likeness (QED) is 0.472. The van der Waals surface area contributed by atoms with Gasteiger partial charge < -0.3 is 14.2 Å². The van der Waals surface area contributed by atoms with Crippen LogP contribution in [0, 0.1) is 5.92 Å². The third-order valence-electron chi connectivity index (χ3n) is 4.66. The summed E-state index contributed by atoms with van der Waals surface area (Å²) in [4.78, 5) is 48.7. The molecule has 33 heavy (non-hydrogen) atoms. The number of carbonyl (C=O) groups is 3. The second kappa shape index (κ2) is 10.9. The van der Waals surface area contributed by atoms with E-state index < -0.39 is 23.4 Å². The predicted molar refractivity (Wildman–Crippen MR) is 122 cm³/mol. The van der Waals surface area contributed by atoms with Crippen LogP contribution < -0.4 is 4.90 Å². The third kappa shape index (κ3) is 8.60. The van der Waals surface area contributed by atoms with Crippen molar-refractivity contribution in [2.45, 2.75) is 79.1 Å². The van der Waals surface area contributed by atoms with Crippen molar-refractivity contribution in [3.05, 3.63) is 18.0 Å². The fourth-order valence-corrected chi connectivity index (χ4v) is 3.24. The molecule has 1 saturated heterocycles. The summed E-state index contributed by atoms with van der Waals surface area (Å²) >= 11 is 0. The van der Waals surface area contributed by atoms with Gasteiger partial charge >= 0.3 is 18.2 Å². The van der Waals surface area contributed by atoms with E-state index >= 15 is 0 Å². The molecule has 2 rings (SSSR count). The Morgan fingerprint density at radius 3 is 1.88 bits per heavy atom. The summed E-state index contributed by atoms with van der Waals surface area (Å²) < 4.78 is 15.8. The minimum atomic E-state index is -0.912. The predicted octanol–water partition coefficient (Wildman–Crippen LogP) is 3.93. The summed E-state index contributed by atoms with van der Waals surface area (Å²) in [5.41, 5.74) is -0.804. The van der Waals surface area contributed by atoms with Gasteiger partial charge in [0, 0.05) is 24.5 Å². The van der Waals surface area contributed by atoms with Crippen LogP contribution in [0.15, 0.2) is 12.4 Å². The van der Waals surface area contributed by atoms with E-state index in [0.29, 0.717) is 18.1 Å². The van der Waals surface area contributed by atoms with Gasteiger partial charge in [0.2, 0.25) is 5.95 Å². The number of hydrogen-bond donors (Lipinski definition) is 0. The molecule has 2 heterocycles. The van der Waals surface area contributed by atoms with Gasteiger partial charge in [0.1, 0.15) is 11.2 Å². The lowest BCUT2D eigenvalue weighted by Gasteiger charge is -2.30. The van der Waals surface area contributed by atoms with Crippen molar-refractivity contribution < 1.29 is 28.6 Å². The molecule has 2 amide bonds. The largest absolute Gasteiger partial charge is 0.466 e. The van der Waals surface area contributed by atoms with Crippen molar-refractivity contribution in [2.75, 3.05) is 24.6 Å². The molecule has 0 aliphatic carbocycles. The van der Waals surface area contributed by atoms with Crippen LogP contribution in [0.3, 0.4) is 0 Å². The summed E-state index contributed by atoms with van der Waals surface area (Å²) in [6.45, 7) is 14.5. The van der Waals surface area contributed by atoms with E-state index in [4.69, 9.17) is 14.2 Å². The Kier molecular flexibility index (Phi) is 8.76. The average Bonchev–Trinajstić information content (AvgIpc) is 2.67. The zero-order chi connectivity index (χ0) is 24.8. The molecule has 1 aromatic rings. The summed E-state index contributed by atoms with van der Waals surface area (Å²) in [6, 6.07) is 0. The van der Waals surface area contributed by atoms with Crippen molar-refractivity contribution in [1.82, 2.24) is 14.9 Å². The third-order valence-corrected chi connectivity index (χ3v) is 4.66. The van der Waals surface area contributed by atoms with Crippen molar-refractivity contribution in [2.24, 2.45) is 5.92 Å². The molecule has 0 bridgehead atoms. The van der Waals surface area contributed by atoms with Crippen LogP contribution in [0.25, 0.3) is 0 Å². The molecule has 0 saturated carbocycles. The standard InChI is InChI=1S/C23H36N4O6/c1-8-31-18(28)17-9-11-26(12-10-17)15-16-13-24-19(25-14-16)27(20(29)32-22(2,3)4)21(30)33-23(5,6)7/h13-14,17H,8-12,15H2,1-7H3. The number of hydrogen-bond acceptors (Lipinski definition) is 9. The molecule has 1 aromatic heterocycles. The van der Waals surface area contributed by atoms with Crippen LogP contribution in [-0.4, -0.2) is 63.9 Å². The molecule has 0 atom stereocenters. The highest BCUT2D eigenvalue weighted by molar-refractivity contribution is 6.08. The SMILES string of the molecule is CCOC(=O)C1CCN(Cc2cnc(N(C(=O)OC(C)(C)C)C(=O)OC(C)(C)C)nc2)CC1. The maximum Gasteiger partial charge on any atom is 0.427 e. The fourth-order valence-electron chi connectivity index (χ4n) is 3.24. The van der Waals surface area contributed by atoms with Gasteiger partial charge in [-0.2, -0.15) is 0 Å². The first-order valence-corrected chi connectivity index (χ1v) is 11.2. The number of aromatic nitrogens is 2. The molecule has 1 fully saturated rings. The monoisotopic (exact) mass is 464 g/mol. The van der Waals surface area contributed by atoms with Crippen molar-refractivity contribution in [3.8, 4) is 0 Å². The fraction of sp³-hybridized carbons (Fsp3) is 0.696. The summed E-state index contributed by atoms with van der Waals surface area (Å²) in [7, 11) is 0. The molecule has 0 radical (unpaired) electrons. The van der Waals surface area contributed by atoms with E-state index in [2.05, 4.69) is 14.9 Å². The van der Waals surface area contributed by atoms with E-state index in [1.165, 1.54) is 0 Å². The average molecular weight is 465 g/mol. The normalized spacial score (nSPS) is 15.6. The number of esters is 1. The highest BCUT2D eigenvalue weighted by Crippen LogP contribution is 2.22. The lowest BCUT2D eigenvalue weighted by Crippen LogP contribution is -2.44. The second-order valence-electron chi connectivity index (χ2n) is 9.99. The summed E-state index contributed by atoms with van der Waals surface area (Å²) in [5.74, 6) is -0.312. The van der Waals surface area contributed by atoms with Crippen molar-refractivity contribution in [3.63, 3.8) is 0 Å². The molecule has 0 N–H and O–H groups in total. The van der Waals surface area contributed by atoms with Gasteiger partial charge in [-0.1, -0.05) is 0 Å². The lowest BCUT2D eigenvalue weighted by molar-refractivity contribution is -0.149. The van der Waals surface area contributed by atoms with E-state index in [1.54, 1.807) is 53.9 Å². The minimum Gasteiger partial charge on any atom is -0.466 e. The number of ether oxygens (including phenoxy) is 3. The zero-order valence-corrected chi connectivity index (χ0v) is 20.7. The Morgan fingerprint density at radius 2 is 1.45 bits per heavy atom. The Morgan fingerprint density at radius 1 is 0.970 bits per heavy atom. The van der Waals surface area contributed by atoms with Crippen molar-refractivity contribution >= 4 is 24.1 Å².